The van der Waals surface area contributed by atoms with Crippen molar-refractivity contribution in [1.82, 2.24) is 5.32 Å². The normalized spacial score (nSPS) is 22.8. The molecule has 0 aliphatic heterocycles. The third-order valence-electron chi connectivity index (χ3n) is 4.06. The number of thioether (sulfide) groups is 1. The minimum atomic E-state index is -0.879. The van der Waals surface area contributed by atoms with Gasteiger partial charge >= 0.3 is 5.97 Å². The third kappa shape index (κ3) is 9.10. The molecule has 0 aromatic carbocycles. The van der Waals surface area contributed by atoms with Crippen molar-refractivity contribution in [2.24, 2.45) is 5.92 Å². The first-order valence-corrected chi connectivity index (χ1v) is 10.4. The van der Waals surface area contributed by atoms with E-state index in [-0.39, 0.29) is 22.2 Å². The lowest BCUT2D eigenvalue weighted by Crippen LogP contribution is -2.53. The summed E-state index contributed by atoms with van der Waals surface area (Å²) in [4.78, 5) is 36.7. The van der Waals surface area contributed by atoms with Gasteiger partial charge < -0.3 is 14.8 Å². The summed E-state index contributed by atoms with van der Waals surface area (Å²) in [6.07, 6.45) is 1.65. The second-order valence-corrected chi connectivity index (χ2v) is 10.7. The number of carbonyl (C=O) groups excluding carboxylic acids is 3. The maximum absolute atomic E-state index is 12.8. The Bertz CT molecular complexity index is 550. The van der Waals surface area contributed by atoms with Gasteiger partial charge in [0.25, 0.3) is 0 Å². The Kier molecular flexibility index (Phi) is 8.35. The van der Waals surface area contributed by atoms with Gasteiger partial charge in [-0.2, -0.15) is 0 Å². The number of amides is 1. The van der Waals surface area contributed by atoms with Gasteiger partial charge in [0, 0.05) is 18.1 Å². The molecule has 1 saturated carbocycles. The van der Waals surface area contributed by atoms with Gasteiger partial charge in [0.05, 0.1) is 11.7 Å². The Morgan fingerprint density at radius 2 is 1.63 bits per heavy atom. The number of hydrogen-bond acceptors (Lipinski definition) is 6. The summed E-state index contributed by atoms with van der Waals surface area (Å²) < 4.78 is 11.4. The van der Waals surface area contributed by atoms with Crippen molar-refractivity contribution in [3.05, 3.63) is 0 Å². The Morgan fingerprint density at radius 3 is 2.11 bits per heavy atom. The Balaban J connectivity index is 2.82. The largest absolute Gasteiger partial charge is 0.458 e. The van der Waals surface area contributed by atoms with Crippen LogP contribution >= 0.6 is 11.8 Å². The van der Waals surface area contributed by atoms with Gasteiger partial charge in [-0.3, -0.25) is 9.59 Å². The molecular weight excluding hydrogens is 366 g/mol. The lowest BCUT2D eigenvalue weighted by Gasteiger charge is -2.32. The van der Waals surface area contributed by atoms with Gasteiger partial charge in [-0.25, -0.2) is 4.79 Å². The number of nitrogens with one attached hydrogen (secondary N) is 1. The van der Waals surface area contributed by atoms with E-state index in [1.54, 1.807) is 34.6 Å². The van der Waals surface area contributed by atoms with Crippen molar-refractivity contribution in [2.75, 3.05) is 0 Å². The Hall–Kier alpha value is -1.08. The van der Waals surface area contributed by atoms with E-state index in [4.69, 9.17) is 9.47 Å². The highest BCUT2D eigenvalue weighted by atomic mass is 32.2. The molecule has 4 atom stereocenters. The van der Waals surface area contributed by atoms with Gasteiger partial charge in [-0.05, 0) is 67.7 Å². The van der Waals surface area contributed by atoms with Crippen molar-refractivity contribution in [3.63, 3.8) is 0 Å². The number of esters is 1. The molecule has 2 unspecified atom stereocenters. The van der Waals surface area contributed by atoms with Crippen LogP contribution in [0.2, 0.25) is 0 Å². The van der Waals surface area contributed by atoms with E-state index < -0.39 is 29.3 Å². The van der Waals surface area contributed by atoms with Crippen molar-refractivity contribution in [1.29, 1.82) is 0 Å². The molecule has 1 aliphatic rings. The molecule has 0 spiro atoms. The van der Waals surface area contributed by atoms with E-state index in [0.29, 0.717) is 12.8 Å². The monoisotopic (exact) mass is 401 g/mol. The quantitative estimate of drug-likeness (QED) is 0.687. The van der Waals surface area contributed by atoms with E-state index in [2.05, 4.69) is 5.32 Å². The number of carbonyl (C=O) groups is 3. The molecule has 0 aromatic heterocycles. The number of hydrogen-bond donors (Lipinski definition) is 1. The van der Waals surface area contributed by atoms with Crippen LogP contribution in [0.25, 0.3) is 0 Å². The van der Waals surface area contributed by atoms with Gasteiger partial charge in [-0.15, -0.1) is 0 Å². The van der Waals surface area contributed by atoms with Crippen LogP contribution < -0.4 is 5.32 Å². The summed E-state index contributed by atoms with van der Waals surface area (Å²) in [7, 11) is 0. The zero-order chi connectivity index (χ0) is 21.0. The summed E-state index contributed by atoms with van der Waals surface area (Å²) >= 11 is 1.30. The second kappa shape index (κ2) is 9.41. The van der Waals surface area contributed by atoms with Crippen molar-refractivity contribution < 1.29 is 23.9 Å². The molecular formula is C20H35NO5S. The average Bonchev–Trinajstić information content (AvgIpc) is 2.88. The van der Waals surface area contributed by atoms with Crippen LogP contribution in [0.4, 0.5) is 0 Å². The number of rotatable bonds is 6. The summed E-state index contributed by atoms with van der Waals surface area (Å²) in [5.74, 6) is -0.879. The lowest BCUT2D eigenvalue weighted by atomic mass is 10.0. The average molecular weight is 402 g/mol. The Labute approximate surface area is 167 Å². The zero-order valence-electron chi connectivity index (χ0n) is 17.9. The number of ether oxygens (including phenoxy) is 2. The fourth-order valence-corrected chi connectivity index (χ4v) is 4.20. The van der Waals surface area contributed by atoms with Crippen LogP contribution in [-0.4, -0.2) is 45.6 Å². The minimum absolute atomic E-state index is 0.0693. The predicted octanol–water partition coefficient (Wildman–Crippen LogP) is 3.46. The minimum Gasteiger partial charge on any atom is -0.458 e. The van der Waals surface area contributed by atoms with Crippen LogP contribution in [0.15, 0.2) is 0 Å². The molecule has 0 radical (unpaired) electrons. The maximum Gasteiger partial charge on any atom is 0.331 e. The lowest BCUT2D eigenvalue weighted by molar-refractivity contribution is -0.166. The highest BCUT2D eigenvalue weighted by molar-refractivity contribution is 8.14. The van der Waals surface area contributed by atoms with Crippen LogP contribution in [0.5, 0.6) is 0 Å². The molecule has 1 fully saturated rings. The predicted molar refractivity (Wildman–Crippen MR) is 107 cm³/mol. The van der Waals surface area contributed by atoms with Crippen molar-refractivity contribution in [2.45, 2.75) is 103 Å². The Morgan fingerprint density at radius 1 is 1.04 bits per heavy atom. The molecule has 1 rings (SSSR count). The fraction of sp³-hybridized carbons (Fsp3) is 0.850. The summed E-state index contributed by atoms with van der Waals surface area (Å²) in [6.45, 7) is 14.4. The van der Waals surface area contributed by atoms with E-state index in [1.165, 1.54) is 11.8 Å². The first-order chi connectivity index (χ1) is 12.2. The van der Waals surface area contributed by atoms with Crippen LogP contribution in [0.1, 0.15) is 74.7 Å². The SMILES string of the molecule is CC(=O)SC1CCC(C(=O)N[C@H](C(=O)OC(C)(C)C)[C@H](C)OC(C)(C)C)C1. The standard InChI is InChI=1S/C20H35NO5S/c1-12(25-19(3,4)5)16(18(24)26-20(6,7)8)21-17(23)14-9-10-15(11-14)27-13(2)22/h12,14-16H,9-11H2,1-8H3,(H,21,23)/t12-,14?,15?,16-/m0/s1. The molecule has 1 amide bonds. The van der Waals surface area contributed by atoms with E-state index in [1.807, 2.05) is 20.8 Å². The van der Waals surface area contributed by atoms with E-state index in [9.17, 15) is 14.4 Å². The van der Waals surface area contributed by atoms with E-state index in [0.717, 1.165) is 6.42 Å². The highest BCUT2D eigenvalue weighted by Gasteiger charge is 2.37. The smallest absolute Gasteiger partial charge is 0.331 e. The van der Waals surface area contributed by atoms with Crippen LogP contribution in [0, 0.1) is 5.92 Å². The summed E-state index contributed by atoms with van der Waals surface area (Å²) in [5, 5.41) is 3.08. The maximum atomic E-state index is 12.8. The topological polar surface area (TPSA) is 81.7 Å². The van der Waals surface area contributed by atoms with Gasteiger partial charge in [0.1, 0.15) is 5.60 Å². The first-order valence-electron chi connectivity index (χ1n) is 9.56. The first kappa shape index (κ1) is 24.0. The molecule has 1 aliphatic carbocycles. The van der Waals surface area contributed by atoms with Crippen LogP contribution in [-0.2, 0) is 23.9 Å². The molecule has 0 heterocycles. The molecule has 1 N–H and O–H groups in total. The van der Waals surface area contributed by atoms with Gasteiger partial charge in [0.2, 0.25) is 5.91 Å². The van der Waals surface area contributed by atoms with Crippen molar-refractivity contribution in [3.8, 4) is 0 Å². The van der Waals surface area contributed by atoms with Gasteiger partial charge in [0.15, 0.2) is 11.2 Å². The second-order valence-electron chi connectivity index (χ2n) is 9.20. The summed E-state index contributed by atoms with van der Waals surface area (Å²) in [5.41, 5.74) is -1.11. The third-order valence-corrected chi connectivity index (χ3v) is 5.15. The molecule has 6 nitrogen and oxygen atoms in total. The zero-order valence-corrected chi connectivity index (χ0v) is 18.7. The molecule has 156 valence electrons. The fourth-order valence-electron chi connectivity index (χ4n) is 3.15. The molecule has 0 aromatic rings. The molecule has 27 heavy (non-hydrogen) atoms. The molecule has 0 bridgehead atoms. The van der Waals surface area contributed by atoms with Gasteiger partial charge in [-0.1, -0.05) is 11.8 Å². The summed E-state index contributed by atoms with van der Waals surface area (Å²) in [6, 6.07) is -0.879. The highest BCUT2D eigenvalue weighted by Crippen LogP contribution is 2.34. The molecule has 0 saturated heterocycles. The molecule has 7 heteroatoms. The van der Waals surface area contributed by atoms with Crippen molar-refractivity contribution >= 4 is 28.8 Å². The van der Waals surface area contributed by atoms with E-state index >= 15 is 0 Å². The van der Waals surface area contributed by atoms with Crippen LogP contribution in [0.3, 0.4) is 0 Å².